The molecule has 2 N–H and O–H groups in total. The lowest BCUT2D eigenvalue weighted by Gasteiger charge is -2.06. The number of H-pyrrole nitrogens is 1. The van der Waals surface area contributed by atoms with E-state index in [-0.39, 0.29) is 12.5 Å². The van der Waals surface area contributed by atoms with Crippen molar-refractivity contribution in [1.29, 1.82) is 0 Å². The van der Waals surface area contributed by atoms with Crippen LogP contribution >= 0.6 is 0 Å². The summed E-state index contributed by atoms with van der Waals surface area (Å²) in [6, 6.07) is 13.1. The molecule has 0 aliphatic carbocycles. The van der Waals surface area contributed by atoms with Gasteiger partial charge in [0, 0.05) is 11.9 Å². The molecule has 4 nitrogen and oxygen atoms in total. The molecule has 0 atom stereocenters. The van der Waals surface area contributed by atoms with Crippen molar-refractivity contribution in [3.05, 3.63) is 54.4 Å². The molecule has 2 aromatic rings. The van der Waals surface area contributed by atoms with E-state index in [0.29, 0.717) is 12.3 Å². The van der Waals surface area contributed by atoms with Crippen molar-refractivity contribution < 1.29 is 9.53 Å². The lowest BCUT2D eigenvalue weighted by atomic mass is 10.3. The predicted octanol–water partition coefficient (Wildman–Crippen LogP) is 1.71. The number of para-hydroxylation sites is 1. The SMILES string of the molecule is O=C(COc1ccccc1)NCc1ccc[nH]1. The summed E-state index contributed by atoms with van der Waals surface area (Å²) in [6.45, 7) is 0.523. The van der Waals surface area contributed by atoms with Gasteiger partial charge in [0.1, 0.15) is 5.75 Å². The van der Waals surface area contributed by atoms with Gasteiger partial charge in [-0.3, -0.25) is 4.79 Å². The zero-order valence-electron chi connectivity index (χ0n) is 9.35. The van der Waals surface area contributed by atoms with Crippen molar-refractivity contribution in [2.24, 2.45) is 0 Å². The third-order valence-corrected chi connectivity index (χ3v) is 2.25. The Hall–Kier alpha value is -2.23. The van der Waals surface area contributed by atoms with Crippen LogP contribution in [0.4, 0.5) is 0 Å². The van der Waals surface area contributed by atoms with Crippen LogP contribution in [-0.4, -0.2) is 17.5 Å². The van der Waals surface area contributed by atoms with E-state index >= 15 is 0 Å². The summed E-state index contributed by atoms with van der Waals surface area (Å²) in [5.74, 6) is 0.561. The fraction of sp³-hybridized carbons (Fsp3) is 0.154. The highest BCUT2D eigenvalue weighted by Gasteiger charge is 2.02. The highest BCUT2D eigenvalue weighted by molar-refractivity contribution is 5.77. The molecule has 0 saturated heterocycles. The number of hydrogen-bond acceptors (Lipinski definition) is 2. The number of carbonyl (C=O) groups is 1. The topological polar surface area (TPSA) is 54.1 Å². The summed E-state index contributed by atoms with van der Waals surface area (Å²) in [5, 5.41) is 2.76. The summed E-state index contributed by atoms with van der Waals surface area (Å²) < 4.78 is 5.32. The number of nitrogens with one attached hydrogen (secondary N) is 2. The van der Waals surface area contributed by atoms with Crippen LogP contribution in [0.25, 0.3) is 0 Å². The molecule has 2 rings (SSSR count). The third kappa shape index (κ3) is 3.68. The van der Waals surface area contributed by atoms with E-state index in [0.717, 1.165) is 5.69 Å². The average molecular weight is 230 g/mol. The van der Waals surface area contributed by atoms with Crippen molar-refractivity contribution >= 4 is 5.91 Å². The first-order valence-electron chi connectivity index (χ1n) is 5.41. The monoisotopic (exact) mass is 230 g/mol. The van der Waals surface area contributed by atoms with Crippen LogP contribution in [-0.2, 0) is 11.3 Å². The summed E-state index contributed by atoms with van der Waals surface area (Å²) in [7, 11) is 0. The van der Waals surface area contributed by atoms with Gasteiger partial charge in [0.15, 0.2) is 6.61 Å². The fourth-order valence-corrected chi connectivity index (χ4v) is 1.39. The number of carbonyl (C=O) groups excluding carboxylic acids is 1. The summed E-state index contributed by atoms with van der Waals surface area (Å²) in [6.07, 6.45) is 1.82. The summed E-state index contributed by atoms with van der Waals surface area (Å²) in [5.41, 5.74) is 0.970. The maximum atomic E-state index is 11.5. The summed E-state index contributed by atoms with van der Waals surface area (Å²) in [4.78, 5) is 14.5. The highest BCUT2D eigenvalue weighted by Crippen LogP contribution is 2.07. The van der Waals surface area contributed by atoms with Gasteiger partial charge in [0.25, 0.3) is 5.91 Å². The van der Waals surface area contributed by atoms with Gasteiger partial charge in [-0.15, -0.1) is 0 Å². The van der Waals surface area contributed by atoms with Crippen LogP contribution in [0.3, 0.4) is 0 Å². The second-order valence-electron chi connectivity index (χ2n) is 3.57. The zero-order chi connectivity index (χ0) is 11.9. The minimum atomic E-state index is -0.136. The normalized spacial score (nSPS) is 9.88. The van der Waals surface area contributed by atoms with Gasteiger partial charge in [0.05, 0.1) is 6.54 Å². The lowest BCUT2D eigenvalue weighted by Crippen LogP contribution is -2.28. The Morgan fingerprint density at radius 3 is 2.71 bits per heavy atom. The van der Waals surface area contributed by atoms with Crippen molar-refractivity contribution in [3.63, 3.8) is 0 Å². The van der Waals surface area contributed by atoms with Gasteiger partial charge in [-0.25, -0.2) is 0 Å². The van der Waals surface area contributed by atoms with E-state index in [1.165, 1.54) is 0 Å². The van der Waals surface area contributed by atoms with Gasteiger partial charge in [-0.1, -0.05) is 18.2 Å². The molecule has 1 aromatic carbocycles. The lowest BCUT2D eigenvalue weighted by molar-refractivity contribution is -0.123. The van der Waals surface area contributed by atoms with Crippen molar-refractivity contribution in [1.82, 2.24) is 10.3 Å². The quantitative estimate of drug-likeness (QED) is 0.821. The van der Waals surface area contributed by atoms with E-state index in [4.69, 9.17) is 4.74 Å². The second kappa shape index (κ2) is 5.75. The molecule has 17 heavy (non-hydrogen) atoms. The third-order valence-electron chi connectivity index (χ3n) is 2.25. The standard InChI is InChI=1S/C13H14N2O2/c16-13(15-9-11-5-4-8-14-11)10-17-12-6-2-1-3-7-12/h1-8,14H,9-10H2,(H,15,16). The van der Waals surface area contributed by atoms with Gasteiger partial charge >= 0.3 is 0 Å². The highest BCUT2D eigenvalue weighted by atomic mass is 16.5. The summed E-state index contributed by atoms with van der Waals surface area (Å²) >= 11 is 0. The zero-order valence-corrected chi connectivity index (χ0v) is 9.35. The first-order chi connectivity index (χ1) is 8.34. The van der Waals surface area contributed by atoms with Crippen LogP contribution in [0.5, 0.6) is 5.75 Å². The number of rotatable bonds is 5. The maximum absolute atomic E-state index is 11.5. The number of benzene rings is 1. The van der Waals surface area contributed by atoms with E-state index in [2.05, 4.69) is 10.3 Å². The molecule has 0 fully saturated rings. The molecule has 1 amide bonds. The molecular weight excluding hydrogens is 216 g/mol. The minimum Gasteiger partial charge on any atom is -0.484 e. The van der Waals surface area contributed by atoms with Gasteiger partial charge in [-0.05, 0) is 24.3 Å². The van der Waals surface area contributed by atoms with Gasteiger partial charge in [0.2, 0.25) is 0 Å². The Morgan fingerprint density at radius 2 is 2.00 bits per heavy atom. The fourth-order valence-electron chi connectivity index (χ4n) is 1.39. The Bertz CT molecular complexity index is 452. The Morgan fingerprint density at radius 1 is 1.18 bits per heavy atom. The molecular formula is C13H14N2O2. The van der Waals surface area contributed by atoms with Crippen molar-refractivity contribution in [2.75, 3.05) is 6.61 Å². The molecule has 4 heteroatoms. The predicted molar refractivity (Wildman–Crippen MR) is 64.6 cm³/mol. The van der Waals surface area contributed by atoms with Crippen LogP contribution in [0.15, 0.2) is 48.7 Å². The van der Waals surface area contributed by atoms with Crippen LogP contribution in [0.2, 0.25) is 0 Å². The number of hydrogen-bond donors (Lipinski definition) is 2. The second-order valence-corrected chi connectivity index (χ2v) is 3.57. The number of aromatic nitrogens is 1. The van der Waals surface area contributed by atoms with Crippen LogP contribution in [0.1, 0.15) is 5.69 Å². The maximum Gasteiger partial charge on any atom is 0.258 e. The average Bonchev–Trinajstić information content (AvgIpc) is 2.88. The van der Waals surface area contributed by atoms with E-state index < -0.39 is 0 Å². The molecule has 0 unspecified atom stereocenters. The first kappa shape index (κ1) is 11.3. The van der Waals surface area contributed by atoms with Crippen molar-refractivity contribution in [3.8, 4) is 5.75 Å². The number of aromatic amines is 1. The van der Waals surface area contributed by atoms with E-state index in [9.17, 15) is 4.79 Å². The number of amides is 1. The molecule has 0 aliphatic heterocycles. The van der Waals surface area contributed by atoms with Crippen LogP contribution < -0.4 is 10.1 Å². The Labute approximate surface area is 99.6 Å². The van der Waals surface area contributed by atoms with Gasteiger partial charge in [-0.2, -0.15) is 0 Å². The molecule has 0 aliphatic rings. The molecule has 1 aromatic heterocycles. The molecule has 0 radical (unpaired) electrons. The van der Waals surface area contributed by atoms with Crippen LogP contribution in [0, 0.1) is 0 Å². The van der Waals surface area contributed by atoms with E-state index in [1.54, 1.807) is 0 Å². The molecule has 0 saturated carbocycles. The van der Waals surface area contributed by atoms with Crippen molar-refractivity contribution in [2.45, 2.75) is 6.54 Å². The minimum absolute atomic E-state index is 0.0325. The largest absolute Gasteiger partial charge is 0.484 e. The molecule has 88 valence electrons. The Kier molecular flexibility index (Phi) is 3.81. The van der Waals surface area contributed by atoms with E-state index in [1.807, 2.05) is 48.7 Å². The van der Waals surface area contributed by atoms with Gasteiger partial charge < -0.3 is 15.0 Å². The molecule has 0 spiro atoms. The number of ether oxygens (including phenoxy) is 1. The smallest absolute Gasteiger partial charge is 0.258 e. The Balaban J connectivity index is 1.71. The first-order valence-corrected chi connectivity index (χ1v) is 5.41. The molecule has 1 heterocycles. The molecule has 0 bridgehead atoms.